The van der Waals surface area contributed by atoms with Crippen LogP contribution in [0.4, 0.5) is 0 Å². The molecule has 0 heterocycles. The molecule has 0 bridgehead atoms. The molecule has 0 atom stereocenters. The summed E-state index contributed by atoms with van der Waals surface area (Å²) >= 11 is 0. The second-order valence-corrected chi connectivity index (χ2v) is 3.28. The van der Waals surface area contributed by atoms with Crippen molar-refractivity contribution in [3.05, 3.63) is 41.5 Å². The van der Waals surface area contributed by atoms with Crippen LogP contribution in [0.25, 0.3) is 5.57 Å². The Morgan fingerprint density at radius 2 is 2.08 bits per heavy atom. The van der Waals surface area contributed by atoms with Crippen molar-refractivity contribution in [1.82, 2.24) is 0 Å². The molecule has 0 aliphatic carbocycles. The number of hydrogen-bond donors (Lipinski definition) is 0. The van der Waals surface area contributed by atoms with Gasteiger partial charge in [0.1, 0.15) is 0 Å². The Bertz CT molecular complexity index is 295. The van der Waals surface area contributed by atoms with Crippen LogP contribution >= 0.6 is 0 Å². The molecule has 0 aromatic heterocycles. The Morgan fingerprint density at radius 3 is 2.50 bits per heavy atom. The molecule has 0 aliphatic rings. The lowest BCUT2D eigenvalue weighted by Gasteiger charge is -2.06. The van der Waals surface area contributed by atoms with Gasteiger partial charge in [-0.2, -0.15) is 0 Å². The van der Waals surface area contributed by atoms with Crippen LogP contribution in [0.5, 0.6) is 0 Å². The fraction of sp³-hybridized carbons (Fsp3) is 0.333. The SMILES string of the molecule is C=C(C)c1ccc(CC)cc1C. The minimum atomic E-state index is 1.11. The zero-order valence-electron chi connectivity index (χ0n) is 8.15. The van der Waals surface area contributed by atoms with Gasteiger partial charge in [0.25, 0.3) is 0 Å². The number of benzene rings is 1. The lowest BCUT2D eigenvalue weighted by molar-refractivity contribution is 1.13. The van der Waals surface area contributed by atoms with E-state index in [1.807, 2.05) is 6.92 Å². The highest BCUT2D eigenvalue weighted by Crippen LogP contribution is 2.18. The molecule has 0 fully saturated rings. The maximum atomic E-state index is 3.94. The molecule has 0 unspecified atom stereocenters. The summed E-state index contributed by atoms with van der Waals surface area (Å²) in [5, 5.41) is 0. The smallest absolute Gasteiger partial charge is 0.0204 e. The Labute approximate surface area is 74.9 Å². The second kappa shape index (κ2) is 3.57. The molecule has 0 nitrogen and oxygen atoms in total. The maximum absolute atomic E-state index is 3.94. The molecule has 0 radical (unpaired) electrons. The highest BCUT2D eigenvalue weighted by Gasteiger charge is 1.98. The monoisotopic (exact) mass is 160 g/mol. The minimum Gasteiger partial charge on any atom is -0.0955 e. The van der Waals surface area contributed by atoms with Crippen molar-refractivity contribution in [2.24, 2.45) is 0 Å². The molecule has 0 aliphatic heterocycles. The molecular formula is C12H16. The summed E-state index contributed by atoms with van der Waals surface area (Å²) in [5.74, 6) is 0. The second-order valence-electron chi connectivity index (χ2n) is 3.28. The van der Waals surface area contributed by atoms with Gasteiger partial charge in [0.05, 0.1) is 0 Å². The molecule has 0 amide bonds. The van der Waals surface area contributed by atoms with Crippen LogP contribution in [-0.2, 0) is 6.42 Å². The first kappa shape index (κ1) is 9.05. The topological polar surface area (TPSA) is 0 Å². The summed E-state index contributed by atoms with van der Waals surface area (Å²) < 4.78 is 0. The van der Waals surface area contributed by atoms with E-state index in [0.29, 0.717) is 0 Å². The first-order valence-electron chi connectivity index (χ1n) is 4.40. The molecule has 1 rings (SSSR count). The van der Waals surface area contributed by atoms with Crippen molar-refractivity contribution < 1.29 is 0 Å². The predicted octanol–water partition coefficient (Wildman–Crippen LogP) is 3.59. The largest absolute Gasteiger partial charge is 0.0955 e. The van der Waals surface area contributed by atoms with Crippen molar-refractivity contribution in [3.8, 4) is 0 Å². The number of aryl methyl sites for hydroxylation is 2. The average molecular weight is 160 g/mol. The van der Waals surface area contributed by atoms with Gasteiger partial charge in [-0.15, -0.1) is 0 Å². The van der Waals surface area contributed by atoms with Crippen molar-refractivity contribution in [2.75, 3.05) is 0 Å². The highest BCUT2D eigenvalue weighted by atomic mass is 14.0. The van der Waals surface area contributed by atoms with Gasteiger partial charge in [-0.3, -0.25) is 0 Å². The lowest BCUT2D eigenvalue weighted by atomic mass is 10.00. The molecule has 0 saturated heterocycles. The number of allylic oxidation sites excluding steroid dienone is 1. The molecule has 12 heavy (non-hydrogen) atoms. The summed E-state index contributed by atoms with van der Waals surface area (Å²) in [6.45, 7) is 10.3. The van der Waals surface area contributed by atoms with Crippen LogP contribution < -0.4 is 0 Å². The quantitative estimate of drug-likeness (QED) is 0.620. The summed E-state index contributed by atoms with van der Waals surface area (Å²) in [7, 11) is 0. The summed E-state index contributed by atoms with van der Waals surface area (Å²) in [4.78, 5) is 0. The Morgan fingerprint density at radius 1 is 1.42 bits per heavy atom. The maximum Gasteiger partial charge on any atom is -0.0204 e. The first-order valence-corrected chi connectivity index (χ1v) is 4.40. The van der Waals surface area contributed by atoms with Crippen LogP contribution in [-0.4, -0.2) is 0 Å². The molecule has 0 N–H and O–H groups in total. The molecule has 0 heteroatoms. The van der Waals surface area contributed by atoms with Crippen LogP contribution in [0.2, 0.25) is 0 Å². The van der Waals surface area contributed by atoms with Crippen LogP contribution in [0.15, 0.2) is 24.8 Å². The van der Waals surface area contributed by atoms with Crippen LogP contribution in [0.1, 0.15) is 30.5 Å². The van der Waals surface area contributed by atoms with Crippen molar-refractivity contribution in [1.29, 1.82) is 0 Å². The third-order valence-electron chi connectivity index (χ3n) is 2.16. The van der Waals surface area contributed by atoms with Crippen LogP contribution in [0, 0.1) is 6.92 Å². The van der Waals surface area contributed by atoms with Crippen molar-refractivity contribution in [2.45, 2.75) is 27.2 Å². The third kappa shape index (κ3) is 1.76. The molecule has 1 aromatic carbocycles. The molecule has 64 valence electrons. The summed E-state index contributed by atoms with van der Waals surface area (Å²) in [6, 6.07) is 6.58. The average Bonchev–Trinajstić information content (AvgIpc) is 2.03. The van der Waals surface area contributed by atoms with E-state index >= 15 is 0 Å². The Kier molecular flexibility index (Phi) is 2.69. The van der Waals surface area contributed by atoms with Crippen molar-refractivity contribution >= 4 is 5.57 Å². The first-order chi connectivity index (χ1) is 5.65. The van der Waals surface area contributed by atoms with Gasteiger partial charge in [-0.1, -0.05) is 37.3 Å². The predicted molar refractivity (Wildman–Crippen MR) is 55.3 cm³/mol. The normalized spacial score (nSPS) is 9.92. The Hall–Kier alpha value is -1.04. The number of rotatable bonds is 2. The molecule has 0 spiro atoms. The molecule has 0 saturated carbocycles. The van der Waals surface area contributed by atoms with E-state index in [0.717, 1.165) is 12.0 Å². The third-order valence-corrected chi connectivity index (χ3v) is 2.16. The summed E-state index contributed by atoms with van der Waals surface area (Å²) in [5.41, 5.74) is 5.17. The van der Waals surface area contributed by atoms with Gasteiger partial charge in [0.15, 0.2) is 0 Å². The van der Waals surface area contributed by atoms with E-state index in [1.54, 1.807) is 0 Å². The highest BCUT2D eigenvalue weighted by molar-refractivity contribution is 5.64. The lowest BCUT2D eigenvalue weighted by Crippen LogP contribution is -1.87. The van der Waals surface area contributed by atoms with E-state index in [1.165, 1.54) is 16.7 Å². The standard InChI is InChI=1S/C12H16/c1-5-11-6-7-12(9(2)3)10(4)8-11/h6-8H,2,5H2,1,3-4H3. The fourth-order valence-electron chi connectivity index (χ4n) is 1.42. The summed E-state index contributed by atoms with van der Waals surface area (Å²) in [6.07, 6.45) is 1.11. The van der Waals surface area contributed by atoms with Gasteiger partial charge in [0.2, 0.25) is 0 Å². The van der Waals surface area contributed by atoms with E-state index in [2.05, 4.69) is 38.6 Å². The van der Waals surface area contributed by atoms with E-state index in [4.69, 9.17) is 0 Å². The zero-order chi connectivity index (χ0) is 9.14. The van der Waals surface area contributed by atoms with Gasteiger partial charge < -0.3 is 0 Å². The molecular weight excluding hydrogens is 144 g/mol. The Balaban J connectivity index is 3.12. The van der Waals surface area contributed by atoms with E-state index in [-0.39, 0.29) is 0 Å². The fourth-order valence-corrected chi connectivity index (χ4v) is 1.42. The molecule has 1 aromatic rings. The zero-order valence-corrected chi connectivity index (χ0v) is 8.15. The van der Waals surface area contributed by atoms with Gasteiger partial charge in [-0.25, -0.2) is 0 Å². The minimum absolute atomic E-state index is 1.11. The van der Waals surface area contributed by atoms with Gasteiger partial charge in [-0.05, 0) is 37.0 Å². The van der Waals surface area contributed by atoms with Crippen molar-refractivity contribution in [3.63, 3.8) is 0 Å². The number of hydrogen-bond acceptors (Lipinski definition) is 0. The van der Waals surface area contributed by atoms with Gasteiger partial charge in [0, 0.05) is 0 Å². The van der Waals surface area contributed by atoms with E-state index in [9.17, 15) is 0 Å². The van der Waals surface area contributed by atoms with Gasteiger partial charge >= 0.3 is 0 Å². The van der Waals surface area contributed by atoms with E-state index < -0.39 is 0 Å². The van der Waals surface area contributed by atoms with Crippen LogP contribution in [0.3, 0.4) is 0 Å².